The molecule has 4 aromatic rings. The number of benzene rings is 1. The summed E-state index contributed by atoms with van der Waals surface area (Å²) in [6.07, 6.45) is -5.23. The van der Waals surface area contributed by atoms with Crippen LogP contribution in [0.3, 0.4) is 0 Å². The summed E-state index contributed by atoms with van der Waals surface area (Å²) in [7, 11) is 1.25. The van der Waals surface area contributed by atoms with Gasteiger partial charge in [-0.05, 0) is 18.2 Å². The van der Waals surface area contributed by atoms with Gasteiger partial charge in [0.25, 0.3) is 6.43 Å². The summed E-state index contributed by atoms with van der Waals surface area (Å²) in [6.45, 7) is 0. The number of rotatable bonds is 4. The molecule has 7 nitrogen and oxygen atoms in total. The first kappa shape index (κ1) is 20.8. The molecule has 0 saturated heterocycles. The number of fused-ring (bicyclic) bond motifs is 1. The van der Waals surface area contributed by atoms with E-state index in [1.807, 2.05) is 0 Å². The lowest BCUT2D eigenvalue weighted by Gasteiger charge is -2.12. The van der Waals surface area contributed by atoms with Gasteiger partial charge >= 0.3 is 12.2 Å². The van der Waals surface area contributed by atoms with Gasteiger partial charge in [-0.1, -0.05) is 17.7 Å². The molecule has 0 saturated carbocycles. The molecule has 0 spiro atoms. The molecule has 0 fully saturated rings. The van der Waals surface area contributed by atoms with E-state index in [-0.39, 0.29) is 39.1 Å². The molecule has 31 heavy (non-hydrogen) atoms. The lowest BCUT2D eigenvalue weighted by atomic mass is 10.1. The van der Waals surface area contributed by atoms with Crippen molar-refractivity contribution in [1.29, 1.82) is 0 Å². The van der Waals surface area contributed by atoms with Gasteiger partial charge in [0.1, 0.15) is 22.8 Å². The zero-order valence-corrected chi connectivity index (χ0v) is 16.2. The zero-order valence-electron chi connectivity index (χ0n) is 15.4. The van der Waals surface area contributed by atoms with E-state index in [2.05, 4.69) is 25.0 Å². The monoisotopic (exact) mass is 456 g/mol. The molecule has 3 aromatic heterocycles. The molecule has 0 atom stereocenters. The first-order valence-electron chi connectivity index (χ1n) is 8.49. The number of ether oxygens (including phenoxy) is 1. The number of hydrogen-bond acceptors (Lipinski definition) is 6. The molecular formula is C18H10ClF5N6O. The molecule has 13 heteroatoms. The van der Waals surface area contributed by atoms with Crippen molar-refractivity contribution in [3.05, 3.63) is 53.2 Å². The number of nitrogens with zero attached hydrogens (tertiary/aromatic N) is 6. The summed E-state index contributed by atoms with van der Waals surface area (Å²) < 4.78 is 73.0. The Kier molecular flexibility index (Phi) is 5.17. The molecule has 0 N–H and O–H groups in total. The van der Waals surface area contributed by atoms with Crippen LogP contribution in [0.5, 0.6) is 11.8 Å². The highest BCUT2D eigenvalue weighted by Gasteiger charge is 2.36. The fourth-order valence-electron chi connectivity index (χ4n) is 2.80. The molecule has 4 rings (SSSR count). The molecule has 0 amide bonds. The van der Waals surface area contributed by atoms with Gasteiger partial charge < -0.3 is 4.74 Å². The average Bonchev–Trinajstić information content (AvgIpc) is 3.10. The van der Waals surface area contributed by atoms with Crippen LogP contribution in [0.4, 0.5) is 22.0 Å². The first-order valence-corrected chi connectivity index (χ1v) is 8.87. The number of aryl methyl sites for hydroxylation is 1. The maximum absolute atomic E-state index is 13.4. The molecule has 0 bridgehead atoms. The van der Waals surface area contributed by atoms with E-state index < -0.39 is 24.1 Å². The average molecular weight is 457 g/mol. The van der Waals surface area contributed by atoms with Crippen LogP contribution in [-0.4, -0.2) is 29.7 Å². The van der Waals surface area contributed by atoms with Gasteiger partial charge in [0.05, 0.1) is 28.3 Å². The number of hydrogen-bond donors (Lipinski definition) is 0. The van der Waals surface area contributed by atoms with E-state index in [0.29, 0.717) is 0 Å². The Labute approximate surface area is 175 Å². The smallest absolute Gasteiger partial charge is 0.423 e. The van der Waals surface area contributed by atoms with Crippen LogP contribution in [-0.2, 0) is 13.2 Å². The van der Waals surface area contributed by atoms with Crippen LogP contribution in [0.2, 0.25) is 5.02 Å². The number of alkyl halides is 5. The van der Waals surface area contributed by atoms with Gasteiger partial charge in [-0.15, -0.1) is 0 Å². The van der Waals surface area contributed by atoms with Crippen molar-refractivity contribution in [3.63, 3.8) is 0 Å². The van der Waals surface area contributed by atoms with Crippen molar-refractivity contribution in [2.24, 2.45) is 7.05 Å². The van der Waals surface area contributed by atoms with Gasteiger partial charge in [0.2, 0.25) is 5.82 Å². The van der Waals surface area contributed by atoms with Crippen LogP contribution in [0.1, 0.15) is 17.9 Å². The van der Waals surface area contributed by atoms with E-state index in [1.54, 1.807) is 0 Å². The molecule has 0 unspecified atom stereocenters. The molecular weight excluding hydrogens is 447 g/mol. The van der Waals surface area contributed by atoms with Crippen molar-refractivity contribution in [2.45, 2.75) is 12.6 Å². The fraction of sp³-hybridized carbons (Fsp3) is 0.167. The van der Waals surface area contributed by atoms with Gasteiger partial charge in [-0.2, -0.15) is 18.3 Å². The highest BCUT2D eigenvalue weighted by atomic mass is 35.5. The summed E-state index contributed by atoms with van der Waals surface area (Å²) in [4.78, 5) is 14.9. The Hall–Kier alpha value is -3.41. The van der Waals surface area contributed by atoms with Crippen molar-refractivity contribution in [1.82, 2.24) is 29.7 Å². The molecule has 3 heterocycles. The number of aromatic nitrogens is 6. The second kappa shape index (κ2) is 7.69. The van der Waals surface area contributed by atoms with Crippen molar-refractivity contribution in [2.75, 3.05) is 0 Å². The highest BCUT2D eigenvalue weighted by molar-refractivity contribution is 6.30. The maximum Gasteiger partial charge on any atom is 0.451 e. The summed E-state index contributed by atoms with van der Waals surface area (Å²) >= 11 is 5.74. The third-order valence-corrected chi connectivity index (χ3v) is 4.31. The Balaban J connectivity index is 1.96. The standard InChI is InChI=1S/C18H10ClF5N6O/c1-30-11(15(20)21)5-10(29-30)14-13-9(27-16(28-14)18(22,23)24)3-2-4-12(13)31-17-25-6-8(19)7-26-17/h2-7,15H,1H3. The quantitative estimate of drug-likeness (QED) is 0.392. The lowest BCUT2D eigenvalue weighted by Crippen LogP contribution is -2.12. The van der Waals surface area contributed by atoms with Gasteiger partial charge in [0.15, 0.2) is 0 Å². The highest BCUT2D eigenvalue weighted by Crippen LogP contribution is 2.38. The minimum atomic E-state index is -4.88. The van der Waals surface area contributed by atoms with Crippen molar-refractivity contribution < 1.29 is 26.7 Å². The third kappa shape index (κ3) is 4.10. The third-order valence-electron chi connectivity index (χ3n) is 4.12. The second-order valence-corrected chi connectivity index (χ2v) is 6.64. The molecule has 0 aliphatic heterocycles. The Morgan fingerprint density at radius 2 is 1.81 bits per heavy atom. The van der Waals surface area contributed by atoms with Gasteiger partial charge in [-0.3, -0.25) is 4.68 Å². The predicted octanol–water partition coefficient (Wildman–Crippen LogP) is 5.22. The molecule has 1 aromatic carbocycles. The van der Waals surface area contributed by atoms with Crippen LogP contribution >= 0.6 is 11.6 Å². The summed E-state index contributed by atoms with van der Waals surface area (Å²) in [5.74, 6) is -1.44. The largest absolute Gasteiger partial charge is 0.451 e. The fourth-order valence-corrected chi connectivity index (χ4v) is 2.90. The minimum absolute atomic E-state index is 0.00722. The van der Waals surface area contributed by atoms with Crippen LogP contribution in [0, 0.1) is 0 Å². The van der Waals surface area contributed by atoms with Crippen molar-refractivity contribution in [3.8, 4) is 23.1 Å². The van der Waals surface area contributed by atoms with Crippen molar-refractivity contribution >= 4 is 22.5 Å². The Bertz CT molecular complexity index is 1260. The maximum atomic E-state index is 13.4. The summed E-state index contributed by atoms with van der Waals surface area (Å²) in [6, 6.07) is 4.96. The molecule has 0 radical (unpaired) electrons. The van der Waals surface area contributed by atoms with Gasteiger partial charge in [0, 0.05) is 7.05 Å². The molecule has 160 valence electrons. The Morgan fingerprint density at radius 1 is 1.10 bits per heavy atom. The normalized spacial score (nSPS) is 12.0. The first-order chi connectivity index (χ1) is 14.6. The van der Waals surface area contributed by atoms with E-state index >= 15 is 0 Å². The van der Waals surface area contributed by atoms with E-state index in [0.717, 1.165) is 10.7 Å². The second-order valence-electron chi connectivity index (χ2n) is 6.21. The zero-order chi connectivity index (χ0) is 22.3. The molecule has 0 aliphatic carbocycles. The van der Waals surface area contributed by atoms with E-state index in [1.165, 1.54) is 37.6 Å². The summed E-state index contributed by atoms with van der Waals surface area (Å²) in [5, 5.41) is 4.18. The number of halogens is 6. The predicted molar refractivity (Wildman–Crippen MR) is 98.8 cm³/mol. The molecule has 0 aliphatic rings. The lowest BCUT2D eigenvalue weighted by molar-refractivity contribution is -0.144. The SMILES string of the molecule is Cn1nc(-c2nc(C(F)(F)F)nc3cccc(Oc4ncc(Cl)cn4)c23)cc1C(F)F. The minimum Gasteiger partial charge on any atom is -0.423 e. The van der Waals surface area contributed by atoms with E-state index in [9.17, 15) is 22.0 Å². The summed E-state index contributed by atoms with van der Waals surface area (Å²) in [5.41, 5.74) is -1.16. The van der Waals surface area contributed by atoms with Gasteiger partial charge in [-0.25, -0.2) is 28.7 Å². The van der Waals surface area contributed by atoms with Crippen LogP contribution in [0.15, 0.2) is 36.7 Å². The van der Waals surface area contributed by atoms with E-state index in [4.69, 9.17) is 16.3 Å². The van der Waals surface area contributed by atoms with Crippen LogP contribution < -0.4 is 4.74 Å². The van der Waals surface area contributed by atoms with Crippen LogP contribution in [0.25, 0.3) is 22.3 Å². The Morgan fingerprint density at radius 3 is 2.42 bits per heavy atom. The topological polar surface area (TPSA) is 78.6 Å².